The lowest BCUT2D eigenvalue weighted by molar-refractivity contribution is 0.181. The molecule has 2 rings (SSSR count). The third-order valence-corrected chi connectivity index (χ3v) is 3.43. The summed E-state index contributed by atoms with van der Waals surface area (Å²) in [5, 5.41) is -0.139. The van der Waals surface area contributed by atoms with Gasteiger partial charge < -0.3 is 9.30 Å². The number of hydrogen-bond acceptors (Lipinski definition) is 3. The monoisotopic (exact) mass is 281 g/mol. The number of fused-ring (bicyclic) bond motifs is 1. The zero-order valence-corrected chi connectivity index (χ0v) is 12.6. The third kappa shape index (κ3) is 2.90. The van der Waals surface area contributed by atoms with Gasteiger partial charge in [0.2, 0.25) is 0 Å². The van der Waals surface area contributed by atoms with Crippen LogP contribution in [0.5, 0.6) is 0 Å². The molecule has 0 fully saturated rings. The van der Waals surface area contributed by atoms with Gasteiger partial charge in [0.15, 0.2) is 5.65 Å². The van der Waals surface area contributed by atoms with E-state index in [-0.39, 0.29) is 11.4 Å². The first kappa shape index (κ1) is 14.3. The van der Waals surface area contributed by atoms with Crippen LogP contribution in [-0.4, -0.2) is 28.3 Å². The fourth-order valence-corrected chi connectivity index (χ4v) is 2.39. The maximum Gasteiger partial charge on any atom is 0.160 e. The number of ether oxygens (including phenoxy) is 1. The Labute approximate surface area is 118 Å². The Hall–Kier alpha value is -1.13. The molecule has 4 nitrogen and oxygen atoms in total. The van der Waals surface area contributed by atoms with Crippen molar-refractivity contribution in [2.24, 2.45) is 0 Å². The predicted molar refractivity (Wildman–Crippen MR) is 77.7 cm³/mol. The smallest absolute Gasteiger partial charge is 0.160 e. The molecule has 0 spiro atoms. The van der Waals surface area contributed by atoms with Crippen molar-refractivity contribution in [1.29, 1.82) is 0 Å². The van der Waals surface area contributed by atoms with Gasteiger partial charge in [0.05, 0.1) is 5.38 Å². The maximum atomic E-state index is 6.26. The molecule has 2 aromatic heterocycles. The SMILES string of the molecule is COCCC(C)n1c(C(C)Cl)nc2cc(C)cnc21. The van der Waals surface area contributed by atoms with E-state index >= 15 is 0 Å². The summed E-state index contributed by atoms with van der Waals surface area (Å²) in [7, 11) is 1.71. The summed E-state index contributed by atoms with van der Waals surface area (Å²) < 4.78 is 7.29. The molecular weight excluding hydrogens is 262 g/mol. The zero-order chi connectivity index (χ0) is 14.0. The van der Waals surface area contributed by atoms with Crippen LogP contribution in [0.2, 0.25) is 0 Å². The lowest BCUT2D eigenvalue weighted by atomic mass is 10.2. The molecule has 0 aliphatic rings. The Bertz CT molecular complexity index is 565. The Morgan fingerprint density at radius 1 is 1.42 bits per heavy atom. The van der Waals surface area contributed by atoms with Crippen LogP contribution < -0.4 is 0 Å². The number of rotatable bonds is 5. The Kier molecular flexibility index (Phi) is 4.42. The maximum absolute atomic E-state index is 6.26. The number of alkyl halides is 1. The van der Waals surface area contributed by atoms with Crippen LogP contribution in [0.1, 0.15) is 43.1 Å². The van der Waals surface area contributed by atoms with Gasteiger partial charge in [-0.05, 0) is 38.8 Å². The van der Waals surface area contributed by atoms with E-state index in [1.54, 1.807) is 7.11 Å². The molecule has 0 aliphatic heterocycles. The molecule has 104 valence electrons. The fraction of sp³-hybridized carbons (Fsp3) is 0.571. The average Bonchev–Trinajstić information content (AvgIpc) is 2.74. The second-order valence-corrected chi connectivity index (χ2v) is 5.60. The molecule has 2 heterocycles. The van der Waals surface area contributed by atoms with Gasteiger partial charge >= 0.3 is 0 Å². The van der Waals surface area contributed by atoms with E-state index in [1.807, 2.05) is 26.1 Å². The topological polar surface area (TPSA) is 39.9 Å². The largest absolute Gasteiger partial charge is 0.385 e. The summed E-state index contributed by atoms with van der Waals surface area (Å²) in [5.41, 5.74) is 2.92. The summed E-state index contributed by atoms with van der Waals surface area (Å²) in [6.45, 7) is 6.81. The standard InChI is InChI=1S/C14H20ClN3O/c1-9-7-12-14(16-8-9)18(10(2)5-6-19-4)13(17-12)11(3)15/h7-8,10-11H,5-6H2,1-4H3. The van der Waals surface area contributed by atoms with Gasteiger partial charge in [-0.3, -0.25) is 0 Å². The Morgan fingerprint density at radius 2 is 2.16 bits per heavy atom. The second kappa shape index (κ2) is 5.88. The minimum Gasteiger partial charge on any atom is -0.385 e. The van der Waals surface area contributed by atoms with Crippen molar-refractivity contribution in [2.75, 3.05) is 13.7 Å². The number of hydrogen-bond donors (Lipinski definition) is 0. The Balaban J connectivity index is 2.51. The average molecular weight is 282 g/mol. The molecule has 0 aromatic carbocycles. The number of aryl methyl sites for hydroxylation is 1. The summed E-state index contributed by atoms with van der Waals surface area (Å²) in [6, 6.07) is 2.31. The van der Waals surface area contributed by atoms with Gasteiger partial charge in [0.25, 0.3) is 0 Å². The van der Waals surface area contributed by atoms with Gasteiger partial charge in [-0.25, -0.2) is 9.97 Å². The van der Waals surface area contributed by atoms with Gasteiger partial charge in [0.1, 0.15) is 11.3 Å². The summed E-state index contributed by atoms with van der Waals surface area (Å²) in [5.74, 6) is 0.873. The third-order valence-electron chi connectivity index (χ3n) is 3.23. The van der Waals surface area contributed by atoms with E-state index in [0.29, 0.717) is 6.61 Å². The van der Waals surface area contributed by atoms with Crippen molar-refractivity contribution < 1.29 is 4.74 Å². The normalized spacial score (nSPS) is 14.8. The number of aromatic nitrogens is 3. The van der Waals surface area contributed by atoms with E-state index < -0.39 is 0 Å². The first-order valence-electron chi connectivity index (χ1n) is 6.52. The molecule has 2 atom stereocenters. The van der Waals surface area contributed by atoms with E-state index in [9.17, 15) is 0 Å². The van der Waals surface area contributed by atoms with Gasteiger partial charge in [-0.2, -0.15) is 0 Å². The highest BCUT2D eigenvalue weighted by molar-refractivity contribution is 6.20. The molecule has 0 saturated carbocycles. The van der Waals surface area contributed by atoms with Crippen LogP contribution in [0, 0.1) is 6.92 Å². The van der Waals surface area contributed by atoms with Crippen molar-refractivity contribution in [3.8, 4) is 0 Å². The van der Waals surface area contributed by atoms with E-state index in [0.717, 1.165) is 29.0 Å². The predicted octanol–water partition coefficient (Wildman–Crippen LogP) is 3.64. The molecule has 0 radical (unpaired) electrons. The van der Waals surface area contributed by atoms with Crippen molar-refractivity contribution >= 4 is 22.8 Å². The highest BCUT2D eigenvalue weighted by Gasteiger charge is 2.19. The number of pyridine rings is 1. The molecule has 2 unspecified atom stereocenters. The lowest BCUT2D eigenvalue weighted by Gasteiger charge is -2.17. The number of nitrogens with zero attached hydrogens (tertiary/aromatic N) is 3. The highest BCUT2D eigenvalue weighted by atomic mass is 35.5. The quantitative estimate of drug-likeness (QED) is 0.786. The molecule has 0 N–H and O–H groups in total. The van der Waals surface area contributed by atoms with Gasteiger partial charge in [-0.15, -0.1) is 11.6 Å². The van der Waals surface area contributed by atoms with Crippen LogP contribution in [0.15, 0.2) is 12.3 Å². The molecule has 0 aliphatic carbocycles. The second-order valence-electron chi connectivity index (χ2n) is 4.94. The van der Waals surface area contributed by atoms with Crippen LogP contribution >= 0.6 is 11.6 Å². The number of imidazole rings is 1. The highest BCUT2D eigenvalue weighted by Crippen LogP contribution is 2.28. The van der Waals surface area contributed by atoms with Crippen LogP contribution in [0.25, 0.3) is 11.2 Å². The Morgan fingerprint density at radius 3 is 2.79 bits per heavy atom. The molecular formula is C14H20ClN3O. The summed E-state index contributed by atoms with van der Waals surface area (Å²) >= 11 is 6.26. The molecule has 2 aromatic rings. The van der Waals surface area contributed by atoms with E-state index in [1.165, 1.54) is 0 Å². The van der Waals surface area contributed by atoms with Gasteiger partial charge in [-0.1, -0.05) is 0 Å². The summed E-state index contributed by atoms with van der Waals surface area (Å²) in [6.07, 6.45) is 2.78. The molecule has 19 heavy (non-hydrogen) atoms. The van der Waals surface area contributed by atoms with Gasteiger partial charge in [0, 0.05) is 26.0 Å². The van der Waals surface area contributed by atoms with E-state index in [4.69, 9.17) is 16.3 Å². The molecule has 5 heteroatoms. The van der Waals surface area contributed by atoms with E-state index in [2.05, 4.69) is 21.5 Å². The number of methoxy groups -OCH3 is 1. The molecule has 0 bridgehead atoms. The van der Waals surface area contributed by atoms with Crippen LogP contribution in [0.3, 0.4) is 0 Å². The molecule has 0 saturated heterocycles. The number of halogens is 1. The minimum atomic E-state index is -0.139. The fourth-order valence-electron chi connectivity index (χ4n) is 2.23. The summed E-state index contributed by atoms with van der Waals surface area (Å²) in [4.78, 5) is 9.14. The van der Waals surface area contributed by atoms with Crippen molar-refractivity contribution in [2.45, 2.75) is 38.6 Å². The minimum absolute atomic E-state index is 0.139. The first-order valence-corrected chi connectivity index (χ1v) is 6.95. The van der Waals surface area contributed by atoms with Crippen molar-refractivity contribution in [3.05, 3.63) is 23.7 Å². The molecule has 0 amide bonds. The van der Waals surface area contributed by atoms with Crippen LogP contribution in [-0.2, 0) is 4.74 Å². The zero-order valence-electron chi connectivity index (χ0n) is 11.9. The van der Waals surface area contributed by atoms with Crippen molar-refractivity contribution in [3.63, 3.8) is 0 Å². The first-order chi connectivity index (χ1) is 9.04. The van der Waals surface area contributed by atoms with Crippen LogP contribution in [0.4, 0.5) is 0 Å². The van der Waals surface area contributed by atoms with Crippen molar-refractivity contribution in [1.82, 2.24) is 14.5 Å². The lowest BCUT2D eigenvalue weighted by Crippen LogP contribution is -2.12.